The number of aromatic nitrogens is 4. The smallest absolute Gasteiger partial charge is 0.257 e. The maximum Gasteiger partial charge on any atom is 0.257 e. The highest BCUT2D eigenvalue weighted by atomic mass is 16.5. The van der Waals surface area contributed by atoms with Gasteiger partial charge >= 0.3 is 0 Å². The van der Waals surface area contributed by atoms with Crippen LogP contribution in [0.3, 0.4) is 0 Å². The molecule has 0 aliphatic heterocycles. The van der Waals surface area contributed by atoms with E-state index in [1.807, 2.05) is 29.1 Å². The van der Waals surface area contributed by atoms with Crippen LogP contribution in [0.1, 0.15) is 37.1 Å². The molecular formula is C17H19N5O. The quantitative estimate of drug-likeness (QED) is 0.801. The van der Waals surface area contributed by atoms with Gasteiger partial charge in [0.05, 0.1) is 12.1 Å². The van der Waals surface area contributed by atoms with E-state index in [-0.39, 0.29) is 0 Å². The van der Waals surface area contributed by atoms with E-state index >= 15 is 0 Å². The maximum atomic E-state index is 6.38. The lowest BCUT2D eigenvalue weighted by atomic mass is 9.99. The van der Waals surface area contributed by atoms with Gasteiger partial charge in [-0.1, -0.05) is 30.1 Å². The Balaban J connectivity index is 1.53. The van der Waals surface area contributed by atoms with Crippen LogP contribution < -0.4 is 5.73 Å². The van der Waals surface area contributed by atoms with Gasteiger partial charge in [0.15, 0.2) is 5.82 Å². The Kier molecular flexibility index (Phi) is 3.46. The average molecular weight is 309 g/mol. The number of hydrogen-bond acceptors (Lipinski definition) is 5. The van der Waals surface area contributed by atoms with E-state index in [1.165, 1.54) is 5.56 Å². The van der Waals surface area contributed by atoms with E-state index in [9.17, 15) is 0 Å². The molecule has 1 aliphatic rings. The van der Waals surface area contributed by atoms with Crippen molar-refractivity contribution in [3.05, 3.63) is 54.1 Å². The molecule has 0 saturated heterocycles. The minimum atomic E-state index is -0.415. The van der Waals surface area contributed by atoms with Gasteiger partial charge in [0.2, 0.25) is 0 Å². The van der Waals surface area contributed by atoms with Gasteiger partial charge < -0.3 is 10.3 Å². The Morgan fingerprint density at radius 3 is 2.65 bits per heavy atom. The second-order valence-electron chi connectivity index (χ2n) is 6.19. The van der Waals surface area contributed by atoms with Crippen LogP contribution in [0.5, 0.6) is 0 Å². The predicted molar refractivity (Wildman–Crippen MR) is 85.4 cm³/mol. The van der Waals surface area contributed by atoms with Crippen LogP contribution in [0.25, 0.3) is 11.5 Å². The Labute approximate surface area is 134 Å². The van der Waals surface area contributed by atoms with Crippen molar-refractivity contribution in [1.29, 1.82) is 0 Å². The van der Waals surface area contributed by atoms with Gasteiger partial charge in [-0.15, -0.1) is 0 Å². The topological polar surface area (TPSA) is 82.8 Å². The molecular weight excluding hydrogens is 290 g/mol. The Hall–Kier alpha value is -2.47. The molecule has 23 heavy (non-hydrogen) atoms. The molecule has 2 heterocycles. The second kappa shape index (κ2) is 5.62. The second-order valence-corrected chi connectivity index (χ2v) is 6.19. The standard InChI is InChI=1S/C17H19N5O/c18-17(8-1-2-9-17)16-20-15(23-21-16)14-6-4-13(5-7-14)12-22-11-3-10-19-22/h3-7,10-11H,1-2,8-9,12,18H2. The van der Waals surface area contributed by atoms with Crippen molar-refractivity contribution in [2.45, 2.75) is 37.8 Å². The zero-order valence-corrected chi connectivity index (χ0v) is 12.9. The zero-order valence-electron chi connectivity index (χ0n) is 12.9. The number of nitrogens with two attached hydrogens (primary N) is 1. The first-order valence-corrected chi connectivity index (χ1v) is 7.93. The summed E-state index contributed by atoms with van der Waals surface area (Å²) in [6.07, 6.45) is 7.83. The summed E-state index contributed by atoms with van der Waals surface area (Å²) < 4.78 is 7.30. The van der Waals surface area contributed by atoms with Crippen molar-refractivity contribution in [3.8, 4) is 11.5 Å². The van der Waals surface area contributed by atoms with Gasteiger partial charge in [0.25, 0.3) is 5.89 Å². The first-order chi connectivity index (χ1) is 11.2. The maximum absolute atomic E-state index is 6.38. The minimum absolute atomic E-state index is 0.415. The van der Waals surface area contributed by atoms with Gasteiger partial charge in [-0.2, -0.15) is 10.1 Å². The summed E-state index contributed by atoms with van der Waals surface area (Å²) in [5, 5.41) is 8.31. The van der Waals surface area contributed by atoms with E-state index < -0.39 is 5.54 Å². The van der Waals surface area contributed by atoms with E-state index in [2.05, 4.69) is 27.4 Å². The Morgan fingerprint density at radius 1 is 1.17 bits per heavy atom. The number of hydrogen-bond donors (Lipinski definition) is 1. The fourth-order valence-electron chi connectivity index (χ4n) is 3.11. The van der Waals surface area contributed by atoms with Crippen LogP contribution >= 0.6 is 0 Å². The van der Waals surface area contributed by atoms with Gasteiger partial charge in [0.1, 0.15) is 0 Å². The molecule has 6 heteroatoms. The molecule has 0 spiro atoms. The molecule has 0 unspecified atom stereocenters. The molecule has 0 atom stereocenters. The van der Waals surface area contributed by atoms with E-state index in [0.717, 1.165) is 37.8 Å². The third kappa shape index (κ3) is 2.77. The first-order valence-electron chi connectivity index (χ1n) is 7.93. The molecule has 1 fully saturated rings. The molecule has 3 aromatic rings. The van der Waals surface area contributed by atoms with Crippen LogP contribution in [0.15, 0.2) is 47.2 Å². The average Bonchev–Trinajstić information content (AvgIpc) is 3.29. The number of nitrogens with zero attached hydrogens (tertiary/aromatic N) is 4. The fraction of sp³-hybridized carbons (Fsp3) is 0.353. The number of rotatable bonds is 4. The minimum Gasteiger partial charge on any atom is -0.334 e. The predicted octanol–water partition coefficient (Wildman–Crippen LogP) is 2.71. The monoisotopic (exact) mass is 309 g/mol. The Morgan fingerprint density at radius 2 is 1.96 bits per heavy atom. The third-order valence-electron chi connectivity index (χ3n) is 4.47. The van der Waals surface area contributed by atoms with Crippen molar-refractivity contribution in [2.24, 2.45) is 5.73 Å². The lowest BCUT2D eigenvalue weighted by molar-refractivity contribution is 0.372. The van der Waals surface area contributed by atoms with Crippen molar-refractivity contribution < 1.29 is 4.52 Å². The van der Waals surface area contributed by atoms with Crippen LogP contribution in [0, 0.1) is 0 Å². The molecule has 6 nitrogen and oxygen atoms in total. The Bertz CT molecular complexity index is 770. The molecule has 2 aromatic heterocycles. The van der Waals surface area contributed by atoms with Gasteiger partial charge in [-0.3, -0.25) is 4.68 Å². The van der Waals surface area contributed by atoms with Gasteiger partial charge in [-0.05, 0) is 36.6 Å². The number of benzene rings is 1. The van der Waals surface area contributed by atoms with Crippen LogP contribution in [-0.4, -0.2) is 19.9 Å². The van der Waals surface area contributed by atoms with Crippen molar-refractivity contribution in [3.63, 3.8) is 0 Å². The SMILES string of the molecule is NC1(c2noc(-c3ccc(Cn4cccn4)cc3)n2)CCCC1. The first kappa shape index (κ1) is 14.1. The molecule has 1 aromatic carbocycles. The van der Waals surface area contributed by atoms with Gasteiger partial charge in [-0.25, -0.2) is 0 Å². The molecule has 0 amide bonds. The van der Waals surface area contributed by atoms with Crippen LogP contribution in [0.2, 0.25) is 0 Å². The fourth-order valence-corrected chi connectivity index (χ4v) is 3.11. The molecule has 1 saturated carbocycles. The highest BCUT2D eigenvalue weighted by Gasteiger charge is 2.36. The summed E-state index contributed by atoms with van der Waals surface area (Å²) in [6.45, 7) is 0.744. The summed E-state index contributed by atoms with van der Waals surface area (Å²) in [7, 11) is 0. The highest BCUT2D eigenvalue weighted by molar-refractivity contribution is 5.53. The summed E-state index contributed by atoms with van der Waals surface area (Å²) in [4.78, 5) is 4.52. The van der Waals surface area contributed by atoms with Crippen LogP contribution in [0.4, 0.5) is 0 Å². The van der Waals surface area contributed by atoms with Crippen molar-refractivity contribution in [2.75, 3.05) is 0 Å². The summed E-state index contributed by atoms with van der Waals surface area (Å²) in [5.41, 5.74) is 8.04. The highest BCUT2D eigenvalue weighted by Crippen LogP contribution is 2.35. The lowest BCUT2D eigenvalue weighted by Crippen LogP contribution is -2.34. The summed E-state index contributed by atoms with van der Waals surface area (Å²) >= 11 is 0. The molecule has 0 bridgehead atoms. The third-order valence-corrected chi connectivity index (χ3v) is 4.47. The lowest BCUT2D eigenvalue weighted by Gasteiger charge is -2.17. The van der Waals surface area contributed by atoms with E-state index in [4.69, 9.17) is 10.3 Å². The largest absolute Gasteiger partial charge is 0.334 e. The molecule has 1 aliphatic carbocycles. The molecule has 118 valence electrons. The van der Waals surface area contributed by atoms with Gasteiger partial charge in [0, 0.05) is 18.0 Å². The zero-order chi connectivity index (χ0) is 15.7. The van der Waals surface area contributed by atoms with E-state index in [0.29, 0.717) is 11.7 Å². The van der Waals surface area contributed by atoms with Crippen molar-refractivity contribution >= 4 is 0 Å². The van der Waals surface area contributed by atoms with Crippen molar-refractivity contribution in [1.82, 2.24) is 19.9 Å². The molecule has 4 rings (SSSR count). The molecule has 2 N–H and O–H groups in total. The van der Waals surface area contributed by atoms with Crippen LogP contribution in [-0.2, 0) is 12.1 Å². The van der Waals surface area contributed by atoms with E-state index in [1.54, 1.807) is 6.20 Å². The molecule has 0 radical (unpaired) electrons. The summed E-state index contributed by atoms with van der Waals surface area (Å²) in [5.74, 6) is 1.16. The normalized spacial score (nSPS) is 16.7. The summed E-state index contributed by atoms with van der Waals surface area (Å²) in [6, 6.07) is 10.0.